The van der Waals surface area contributed by atoms with Crippen LogP contribution in [0.4, 0.5) is 0 Å². The normalized spacial score (nSPS) is 11.9. The van der Waals surface area contributed by atoms with E-state index in [1.807, 2.05) is 0 Å². The molecule has 0 rings (SSSR count). The Morgan fingerprint density at radius 1 is 1.38 bits per heavy atom. The summed E-state index contributed by atoms with van der Waals surface area (Å²) in [5.41, 5.74) is 0.841. The molecule has 0 aliphatic rings. The number of esters is 1. The van der Waals surface area contributed by atoms with Crippen LogP contribution >= 0.6 is 0 Å². The molecule has 0 fully saturated rings. The highest BCUT2D eigenvalue weighted by molar-refractivity contribution is 5.71. The van der Waals surface area contributed by atoms with E-state index in [0.717, 1.165) is 5.57 Å². The van der Waals surface area contributed by atoms with Gasteiger partial charge in [-0.15, -0.1) is 0 Å². The van der Waals surface area contributed by atoms with Crippen molar-refractivity contribution < 1.29 is 24.2 Å². The zero-order valence-electron chi connectivity index (χ0n) is 9.69. The van der Waals surface area contributed by atoms with Gasteiger partial charge in [0, 0.05) is 12.8 Å². The van der Waals surface area contributed by atoms with E-state index in [-0.39, 0.29) is 19.3 Å². The molecular weight excluding hydrogens is 212 g/mol. The Hall–Kier alpha value is -1.36. The molecule has 0 spiro atoms. The third-order valence-corrected chi connectivity index (χ3v) is 1.63. The van der Waals surface area contributed by atoms with Crippen molar-refractivity contribution in [3.63, 3.8) is 0 Å². The smallest absolute Gasteiger partial charge is 0.308 e. The van der Waals surface area contributed by atoms with E-state index < -0.39 is 18.2 Å². The molecule has 1 N–H and O–H groups in total. The van der Waals surface area contributed by atoms with Gasteiger partial charge < -0.3 is 14.6 Å². The molecule has 0 saturated heterocycles. The second kappa shape index (κ2) is 7.87. The molecular formula is C11H18O5. The lowest BCUT2D eigenvalue weighted by molar-refractivity contribution is -0.173. The Labute approximate surface area is 95.0 Å². The largest absolute Gasteiger partial charge is 0.481 e. The Morgan fingerprint density at radius 2 is 2.00 bits per heavy atom. The monoisotopic (exact) mass is 230 g/mol. The van der Waals surface area contributed by atoms with Gasteiger partial charge in [-0.3, -0.25) is 9.59 Å². The third kappa shape index (κ3) is 9.21. The van der Waals surface area contributed by atoms with Crippen LogP contribution in [0.5, 0.6) is 0 Å². The number of hydrogen-bond acceptors (Lipinski definition) is 4. The number of carbonyl (C=O) groups is 2. The summed E-state index contributed by atoms with van der Waals surface area (Å²) in [5.74, 6) is -1.37. The highest BCUT2D eigenvalue weighted by atomic mass is 16.7. The lowest BCUT2D eigenvalue weighted by atomic mass is 10.2. The summed E-state index contributed by atoms with van der Waals surface area (Å²) in [4.78, 5) is 21.4. The highest BCUT2D eigenvalue weighted by Crippen LogP contribution is 2.03. The van der Waals surface area contributed by atoms with Crippen molar-refractivity contribution in [2.45, 2.75) is 39.4 Å². The molecule has 5 nitrogen and oxygen atoms in total. The molecule has 0 aliphatic heterocycles. The first-order valence-electron chi connectivity index (χ1n) is 5.09. The molecule has 16 heavy (non-hydrogen) atoms. The molecule has 0 amide bonds. The van der Waals surface area contributed by atoms with E-state index in [9.17, 15) is 9.59 Å². The predicted octanol–water partition coefficient (Wildman–Crippen LogP) is 1.72. The quantitative estimate of drug-likeness (QED) is 0.390. The maximum absolute atomic E-state index is 11.2. The van der Waals surface area contributed by atoms with Crippen LogP contribution in [0.1, 0.15) is 33.1 Å². The summed E-state index contributed by atoms with van der Waals surface area (Å²) < 4.78 is 10.0. The summed E-state index contributed by atoms with van der Waals surface area (Å²) >= 11 is 0. The topological polar surface area (TPSA) is 72.8 Å². The fraction of sp³-hybridized carbons (Fsp3) is 0.636. The second-order valence-corrected chi connectivity index (χ2v) is 3.57. The molecule has 5 heteroatoms. The minimum absolute atomic E-state index is 0.0316. The van der Waals surface area contributed by atoms with Crippen molar-refractivity contribution in [1.82, 2.24) is 0 Å². The number of aliphatic carboxylic acids is 1. The lowest BCUT2D eigenvalue weighted by Crippen LogP contribution is -2.19. The van der Waals surface area contributed by atoms with Gasteiger partial charge in [-0.1, -0.05) is 12.2 Å². The first-order chi connectivity index (χ1) is 7.41. The number of carbonyl (C=O) groups excluding carboxylic acids is 1. The van der Waals surface area contributed by atoms with Crippen LogP contribution in [0.25, 0.3) is 0 Å². The Balaban J connectivity index is 3.61. The van der Waals surface area contributed by atoms with Gasteiger partial charge >= 0.3 is 11.9 Å². The molecule has 92 valence electrons. The summed E-state index contributed by atoms with van der Waals surface area (Å²) in [7, 11) is 0. The van der Waals surface area contributed by atoms with E-state index in [4.69, 9.17) is 14.6 Å². The van der Waals surface area contributed by atoms with Gasteiger partial charge in [-0.2, -0.15) is 0 Å². The van der Waals surface area contributed by atoms with E-state index in [0.29, 0.717) is 6.61 Å². The van der Waals surface area contributed by atoms with E-state index in [1.165, 1.54) is 0 Å². The minimum atomic E-state index is -0.917. The van der Waals surface area contributed by atoms with Gasteiger partial charge in [0.05, 0.1) is 6.61 Å². The predicted molar refractivity (Wildman–Crippen MR) is 57.8 cm³/mol. The average molecular weight is 230 g/mol. The van der Waals surface area contributed by atoms with Gasteiger partial charge in [-0.05, 0) is 20.3 Å². The zero-order chi connectivity index (χ0) is 12.6. The number of ether oxygens (including phenoxy) is 2. The number of rotatable bonds is 8. The van der Waals surface area contributed by atoms with Crippen molar-refractivity contribution in [1.29, 1.82) is 0 Å². The van der Waals surface area contributed by atoms with Gasteiger partial charge in [-0.25, -0.2) is 0 Å². The number of carboxylic acid groups (broad SMARTS) is 1. The molecule has 0 aromatic carbocycles. The fourth-order valence-electron chi connectivity index (χ4n) is 0.922. The first-order valence-corrected chi connectivity index (χ1v) is 5.09. The standard InChI is InChI=1S/C11H18O5/c1-8(2)7-15-9(3)16-11(14)6-4-5-10(12)13/h9H,1,4-7H2,2-3H3,(H,12,13). The minimum Gasteiger partial charge on any atom is -0.481 e. The Kier molecular flexibility index (Phi) is 7.20. The van der Waals surface area contributed by atoms with E-state index >= 15 is 0 Å². The van der Waals surface area contributed by atoms with Crippen LogP contribution in [0.15, 0.2) is 12.2 Å². The Bertz CT molecular complexity index is 259. The SMILES string of the molecule is C=C(C)COC(C)OC(=O)CCCC(=O)O. The van der Waals surface area contributed by atoms with Crippen LogP contribution in [-0.4, -0.2) is 29.9 Å². The van der Waals surface area contributed by atoms with Crippen molar-refractivity contribution in [2.24, 2.45) is 0 Å². The van der Waals surface area contributed by atoms with Crippen molar-refractivity contribution in [2.75, 3.05) is 6.61 Å². The van der Waals surface area contributed by atoms with Gasteiger partial charge in [0.1, 0.15) is 0 Å². The second-order valence-electron chi connectivity index (χ2n) is 3.57. The number of hydrogen-bond donors (Lipinski definition) is 1. The van der Waals surface area contributed by atoms with Crippen molar-refractivity contribution >= 4 is 11.9 Å². The average Bonchev–Trinajstić information content (AvgIpc) is 2.14. The summed E-state index contributed by atoms with van der Waals surface area (Å²) in [6, 6.07) is 0. The van der Waals surface area contributed by atoms with Crippen LogP contribution in [-0.2, 0) is 19.1 Å². The first kappa shape index (κ1) is 14.6. The highest BCUT2D eigenvalue weighted by Gasteiger charge is 2.10. The van der Waals surface area contributed by atoms with Crippen LogP contribution in [0, 0.1) is 0 Å². The van der Waals surface area contributed by atoms with Crippen LogP contribution in [0.2, 0.25) is 0 Å². The van der Waals surface area contributed by atoms with Crippen molar-refractivity contribution in [3.05, 3.63) is 12.2 Å². The molecule has 0 saturated carbocycles. The molecule has 1 atom stereocenters. The molecule has 0 aromatic rings. The molecule has 0 radical (unpaired) electrons. The van der Waals surface area contributed by atoms with Gasteiger partial charge in [0.2, 0.25) is 0 Å². The molecule has 1 unspecified atom stereocenters. The van der Waals surface area contributed by atoms with Gasteiger partial charge in [0.25, 0.3) is 0 Å². The summed E-state index contributed by atoms with van der Waals surface area (Å²) in [5, 5.41) is 8.37. The van der Waals surface area contributed by atoms with Crippen LogP contribution in [0.3, 0.4) is 0 Å². The molecule has 0 bridgehead atoms. The summed E-state index contributed by atoms with van der Waals surface area (Å²) in [6.07, 6.45) is -0.293. The maximum atomic E-state index is 11.2. The van der Waals surface area contributed by atoms with E-state index in [1.54, 1.807) is 13.8 Å². The Morgan fingerprint density at radius 3 is 2.50 bits per heavy atom. The zero-order valence-corrected chi connectivity index (χ0v) is 9.69. The summed E-state index contributed by atoms with van der Waals surface area (Å²) in [6.45, 7) is 7.40. The molecule has 0 aromatic heterocycles. The number of carboxylic acids is 1. The lowest BCUT2D eigenvalue weighted by Gasteiger charge is -2.13. The van der Waals surface area contributed by atoms with Gasteiger partial charge in [0.15, 0.2) is 6.29 Å². The molecule has 0 heterocycles. The van der Waals surface area contributed by atoms with Crippen LogP contribution < -0.4 is 0 Å². The maximum Gasteiger partial charge on any atom is 0.308 e. The molecule has 0 aliphatic carbocycles. The fourth-order valence-corrected chi connectivity index (χ4v) is 0.922. The van der Waals surface area contributed by atoms with E-state index in [2.05, 4.69) is 6.58 Å². The van der Waals surface area contributed by atoms with Crippen molar-refractivity contribution in [3.8, 4) is 0 Å². The third-order valence-electron chi connectivity index (χ3n) is 1.63.